The highest BCUT2D eigenvalue weighted by atomic mass is 35.5. The molecule has 0 bridgehead atoms. The minimum absolute atomic E-state index is 0. The molecule has 1 aromatic rings. The lowest BCUT2D eigenvalue weighted by Gasteiger charge is -2.22. The van der Waals surface area contributed by atoms with Crippen LogP contribution >= 0.6 is 12.4 Å². The summed E-state index contributed by atoms with van der Waals surface area (Å²) < 4.78 is 0. The number of hydrogen-bond acceptors (Lipinski definition) is 2. The zero-order valence-electron chi connectivity index (χ0n) is 19.8. The standard InChI is InChI=1S/C27H45NO.ClH/c1-4-5-6-7-8-9-10-11-12-13-14-15-16-17-18-23-26(29)24-21-19-20-22-25(24)27(2,3)28;/h11-12,19-22H,4-10,13-18,23,28H2,1-3H3;1H/b12-11-;. The van der Waals surface area contributed by atoms with Gasteiger partial charge in [0.1, 0.15) is 0 Å². The van der Waals surface area contributed by atoms with Gasteiger partial charge in [-0.2, -0.15) is 0 Å². The van der Waals surface area contributed by atoms with E-state index in [1.807, 2.05) is 38.1 Å². The van der Waals surface area contributed by atoms with E-state index in [9.17, 15) is 4.79 Å². The van der Waals surface area contributed by atoms with E-state index < -0.39 is 5.54 Å². The molecule has 0 fully saturated rings. The van der Waals surface area contributed by atoms with Crippen molar-refractivity contribution >= 4 is 18.2 Å². The quantitative estimate of drug-likeness (QED) is 0.151. The molecule has 1 rings (SSSR count). The van der Waals surface area contributed by atoms with Crippen molar-refractivity contribution in [3.05, 3.63) is 47.5 Å². The third kappa shape index (κ3) is 13.2. The highest BCUT2D eigenvalue weighted by molar-refractivity contribution is 5.97. The fourth-order valence-electron chi connectivity index (χ4n) is 3.78. The van der Waals surface area contributed by atoms with E-state index in [-0.39, 0.29) is 18.2 Å². The third-order valence-corrected chi connectivity index (χ3v) is 5.59. The van der Waals surface area contributed by atoms with E-state index in [0.717, 1.165) is 24.0 Å². The average Bonchev–Trinajstić information content (AvgIpc) is 2.70. The monoisotopic (exact) mass is 435 g/mol. The van der Waals surface area contributed by atoms with Gasteiger partial charge in [0, 0.05) is 17.5 Å². The van der Waals surface area contributed by atoms with Crippen molar-refractivity contribution in [2.24, 2.45) is 5.73 Å². The van der Waals surface area contributed by atoms with Crippen LogP contribution in [0, 0.1) is 0 Å². The minimum atomic E-state index is -0.477. The van der Waals surface area contributed by atoms with Crippen LogP contribution in [0.1, 0.15) is 127 Å². The molecule has 2 N–H and O–H groups in total. The second-order valence-electron chi connectivity index (χ2n) is 9.02. The smallest absolute Gasteiger partial charge is 0.163 e. The van der Waals surface area contributed by atoms with E-state index in [1.54, 1.807) is 0 Å². The molecule has 0 unspecified atom stereocenters. The Hall–Kier alpha value is -1.12. The zero-order valence-corrected chi connectivity index (χ0v) is 20.6. The van der Waals surface area contributed by atoms with Crippen LogP contribution in [0.15, 0.2) is 36.4 Å². The molecule has 172 valence electrons. The summed E-state index contributed by atoms with van der Waals surface area (Å²) in [6.07, 6.45) is 21.9. The first-order chi connectivity index (χ1) is 14.0. The maximum atomic E-state index is 12.6. The van der Waals surface area contributed by atoms with Crippen molar-refractivity contribution in [3.8, 4) is 0 Å². The van der Waals surface area contributed by atoms with Gasteiger partial charge in [0.2, 0.25) is 0 Å². The van der Waals surface area contributed by atoms with Crippen LogP contribution < -0.4 is 5.73 Å². The number of rotatable bonds is 17. The lowest BCUT2D eigenvalue weighted by atomic mass is 9.88. The largest absolute Gasteiger partial charge is 0.322 e. The highest BCUT2D eigenvalue weighted by Gasteiger charge is 2.21. The highest BCUT2D eigenvalue weighted by Crippen LogP contribution is 2.23. The van der Waals surface area contributed by atoms with E-state index in [1.165, 1.54) is 70.6 Å². The summed E-state index contributed by atoms with van der Waals surface area (Å²) in [5, 5.41) is 0. The van der Waals surface area contributed by atoms with Gasteiger partial charge in [-0.1, -0.05) is 94.7 Å². The van der Waals surface area contributed by atoms with Crippen molar-refractivity contribution in [2.45, 2.75) is 116 Å². The van der Waals surface area contributed by atoms with Crippen LogP contribution in [-0.2, 0) is 5.54 Å². The van der Waals surface area contributed by atoms with Crippen molar-refractivity contribution in [1.29, 1.82) is 0 Å². The number of halogens is 1. The summed E-state index contributed by atoms with van der Waals surface area (Å²) in [5.74, 6) is 0.233. The molecule has 0 aliphatic heterocycles. The number of hydrogen-bond donors (Lipinski definition) is 1. The number of carbonyl (C=O) groups excluding carboxylic acids is 1. The number of benzene rings is 1. The summed E-state index contributed by atoms with van der Waals surface area (Å²) in [7, 11) is 0. The van der Waals surface area contributed by atoms with Crippen LogP contribution in [0.2, 0.25) is 0 Å². The van der Waals surface area contributed by atoms with E-state index in [0.29, 0.717) is 6.42 Å². The second kappa shape index (κ2) is 17.5. The molecule has 0 aliphatic rings. The normalized spacial score (nSPS) is 11.6. The van der Waals surface area contributed by atoms with Gasteiger partial charge in [-0.25, -0.2) is 0 Å². The Morgan fingerprint density at radius 1 is 0.833 bits per heavy atom. The summed E-state index contributed by atoms with van der Waals surface area (Å²) in [6, 6.07) is 7.79. The maximum Gasteiger partial charge on any atom is 0.163 e. The van der Waals surface area contributed by atoms with Crippen molar-refractivity contribution < 1.29 is 4.79 Å². The van der Waals surface area contributed by atoms with Gasteiger partial charge in [-0.15, -0.1) is 12.4 Å². The number of ketones is 1. The topological polar surface area (TPSA) is 43.1 Å². The minimum Gasteiger partial charge on any atom is -0.322 e. The molecule has 1 aromatic carbocycles. The van der Waals surface area contributed by atoms with Crippen LogP contribution in [0.25, 0.3) is 0 Å². The van der Waals surface area contributed by atoms with Gasteiger partial charge in [0.15, 0.2) is 5.78 Å². The van der Waals surface area contributed by atoms with Gasteiger partial charge >= 0.3 is 0 Å². The van der Waals surface area contributed by atoms with Gasteiger partial charge in [-0.05, 0) is 51.5 Å². The number of carbonyl (C=O) groups is 1. The molecule has 2 nitrogen and oxygen atoms in total. The van der Waals surface area contributed by atoms with Gasteiger partial charge in [-0.3, -0.25) is 4.79 Å². The Labute approximate surface area is 192 Å². The van der Waals surface area contributed by atoms with Crippen LogP contribution in [0.3, 0.4) is 0 Å². The molecule has 0 heterocycles. The molecule has 0 amide bonds. The molecule has 0 aromatic heterocycles. The summed E-state index contributed by atoms with van der Waals surface area (Å²) in [6.45, 7) is 6.19. The number of Topliss-reactive ketones (excluding diaryl/α,β-unsaturated/α-hetero) is 1. The first-order valence-corrected chi connectivity index (χ1v) is 12.0. The molecule has 0 spiro atoms. The Kier molecular flexibility index (Phi) is 16.9. The zero-order chi connectivity index (χ0) is 21.4. The summed E-state index contributed by atoms with van der Waals surface area (Å²) >= 11 is 0. The fourth-order valence-corrected chi connectivity index (χ4v) is 3.78. The van der Waals surface area contributed by atoms with E-state index >= 15 is 0 Å². The van der Waals surface area contributed by atoms with E-state index in [2.05, 4.69) is 19.1 Å². The van der Waals surface area contributed by atoms with Gasteiger partial charge in [0.25, 0.3) is 0 Å². The first-order valence-electron chi connectivity index (χ1n) is 12.0. The SMILES string of the molecule is CCCCCCCC/C=C\CCCCCCCC(=O)c1ccccc1C(C)(C)N.Cl. The van der Waals surface area contributed by atoms with Crippen molar-refractivity contribution in [3.63, 3.8) is 0 Å². The molecule has 0 aliphatic carbocycles. The maximum absolute atomic E-state index is 12.6. The lowest BCUT2D eigenvalue weighted by molar-refractivity contribution is 0.0977. The van der Waals surface area contributed by atoms with Crippen LogP contribution in [-0.4, -0.2) is 5.78 Å². The summed E-state index contributed by atoms with van der Waals surface area (Å²) in [5.41, 5.74) is 7.50. The number of nitrogens with two attached hydrogens (primary N) is 1. The lowest BCUT2D eigenvalue weighted by Crippen LogP contribution is -2.30. The number of allylic oxidation sites excluding steroid dienone is 2. The Morgan fingerprint density at radius 3 is 1.90 bits per heavy atom. The molecular formula is C27H46ClNO. The molecular weight excluding hydrogens is 390 g/mol. The van der Waals surface area contributed by atoms with Gasteiger partial charge < -0.3 is 5.73 Å². The van der Waals surface area contributed by atoms with Crippen molar-refractivity contribution in [2.75, 3.05) is 0 Å². The molecule has 0 atom stereocenters. The van der Waals surface area contributed by atoms with Crippen LogP contribution in [0.5, 0.6) is 0 Å². The molecule has 0 saturated heterocycles. The first kappa shape index (κ1) is 28.9. The second-order valence-corrected chi connectivity index (χ2v) is 9.02. The van der Waals surface area contributed by atoms with E-state index in [4.69, 9.17) is 5.73 Å². The Bertz CT molecular complexity index is 589. The Balaban J connectivity index is 0.00000841. The predicted molar refractivity (Wildman–Crippen MR) is 135 cm³/mol. The Morgan fingerprint density at radius 2 is 1.33 bits per heavy atom. The molecule has 30 heavy (non-hydrogen) atoms. The molecule has 3 heteroatoms. The van der Waals surface area contributed by atoms with Gasteiger partial charge in [0.05, 0.1) is 0 Å². The van der Waals surface area contributed by atoms with Crippen molar-refractivity contribution in [1.82, 2.24) is 0 Å². The molecule has 0 radical (unpaired) electrons. The average molecular weight is 436 g/mol. The summed E-state index contributed by atoms with van der Waals surface area (Å²) in [4.78, 5) is 12.6. The third-order valence-electron chi connectivity index (χ3n) is 5.59. The molecule has 0 saturated carbocycles. The van der Waals surface area contributed by atoms with Crippen LogP contribution in [0.4, 0.5) is 0 Å². The predicted octanol–water partition coefficient (Wildman–Crippen LogP) is 8.52. The fraction of sp³-hybridized carbons (Fsp3) is 0.667. The number of unbranched alkanes of at least 4 members (excludes halogenated alkanes) is 11.